The zero-order chi connectivity index (χ0) is 15.6. The van der Waals surface area contributed by atoms with Crippen molar-refractivity contribution in [3.8, 4) is 0 Å². The molecule has 2 rings (SSSR count). The molecule has 0 spiro atoms. The fourth-order valence-electron chi connectivity index (χ4n) is 3.11. The highest BCUT2D eigenvalue weighted by molar-refractivity contribution is 5.41. The summed E-state index contributed by atoms with van der Waals surface area (Å²) < 4.78 is 27.0. The van der Waals surface area contributed by atoms with Crippen LogP contribution in [0.5, 0.6) is 0 Å². The van der Waals surface area contributed by atoms with Gasteiger partial charge >= 0.3 is 0 Å². The average molecular weight is 294 g/mol. The molecule has 0 aromatic heterocycles. The summed E-state index contributed by atoms with van der Waals surface area (Å²) in [4.78, 5) is 4.39. The second-order valence-electron chi connectivity index (χ2n) is 6.13. The van der Waals surface area contributed by atoms with Crippen LogP contribution in [0.2, 0.25) is 0 Å². The van der Waals surface area contributed by atoms with Gasteiger partial charge in [-0.15, -0.1) is 0 Å². The van der Waals surface area contributed by atoms with Crippen molar-refractivity contribution in [2.75, 3.05) is 32.7 Å². The molecule has 1 unspecified atom stereocenters. The van der Waals surface area contributed by atoms with Crippen molar-refractivity contribution in [2.24, 2.45) is 5.92 Å². The standard InChI is InChI=1S/C17H24F2N2/c1-12-5-7-20(9-12)10-13(2)21-8-6-16(14(3)18)17(11-21)15(4)19/h12H,2-11H2,1H3. The Hall–Kier alpha value is -1.42. The molecule has 1 fully saturated rings. The second-order valence-corrected chi connectivity index (χ2v) is 6.13. The molecule has 0 saturated carbocycles. The lowest BCUT2D eigenvalue weighted by molar-refractivity contribution is 0.281. The molecular weight excluding hydrogens is 270 g/mol. The highest BCUT2D eigenvalue weighted by Crippen LogP contribution is 2.30. The molecule has 2 nitrogen and oxygen atoms in total. The van der Waals surface area contributed by atoms with Gasteiger partial charge in [-0.2, -0.15) is 0 Å². The maximum Gasteiger partial charge on any atom is 0.121 e. The Morgan fingerprint density at radius 2 is 1.81 bits per heavy atom. The van der Waals surface area contributed by atoms with E-state index < -0.39 is 11.7 Å². The smallest absolute Gasteiger partial charge is 0.121 e. The molecule has 2 aliphatic heterocycles. The summed E-state index contributed by atoms with van der Waals surface area (Å²) in [5.74, 6) is -0.403. The maximum atomic E-state index is 13.6. The molecule has 0 aromatic carbocycles. The lowest BCUT2D eigenvalue weighted by atomic mass is 9.98. The first kappa shape index (κ1) is 16.0. The van der Waals surface area contributed by atoms with Crippen LogP contribution in [0, 0.1) is 5.92 Å². The Kier molecular flexibility index (Phi) is 4.99. The normalized spacial score (nSPS) is 23.6. The monoisotopic (exact) mass is 294 g/mol. The van der Waals surface area contributed by atoms with Crippen molar-refractivity contribution < 1.29 is 8.78 Å². The van der Waals surface area contributed by atoms with Crippen molar-refractivity contribution in [1.82, 2.24) is 9.80 Å². The third-order valence-electron chi connectivity index (χ3n) is 4.36. The van der Waals surface area contributed by atoms with Crippen molar-refractivity contribution >= 4 is 0 Å². The van der Waals surface area contributed by atoms with Gasteiger partial charge in [0.2, 0.25) is 0 Å². The number of hydrogen-bond acceptors (Lipinski definition) is 2. The first-order chi connectivity index (χ1) is 9.88. The van der Waals surface area contributed by atoms with Gasteiger partial charge in [0.05, 0.1) is 0 Å². The molecule has 0 amide bonds. The average Bonchev–Trinajstić information content (AvgIpc) is 2.83. The molecule has 0 bridgehead atoms. The topological polar surface area (TPSA) is 6.48 Å². The van der Waals surface area contributed by atoms with Crippen LogP contribution in [0.4, 0.5) is 8.78 Å². The molecule has 0 radical (unpaired) electrons. The maximum absolute atomic E-state index is 13.6. The lowest BCUT2D eigenvalue weighted by Gasteiger charge is -2.34. The van der Waals surface area contributed by atoms with Crippen LogP contribution in [0.25, 0.3) is 0 Å². The third-order valence-corrected chi connectivity index (χ3v) is 4.36. The van der Waals surface area contributed by atoms with Gasteiger partial charge in [-0.05, 0) is 30.9 Å². The van der Waals surface area contributed by atoms with Crippen LogP contribution in [0.3, 0.4) is 0 Å². The Balaban J connectivity index is 2.01. The molecule has 2 heterocycles. The molecular formula is C17H24F2N2. The van der Waals surface area contributed by atoms with Crippen molar-refractivity contribution in [3.05, 3.63) is 48.2 Å². The molecule has 116 valence electrons. The minimum Gasteiger partial charge on any atom is -0.369 e. The largest absolute Gasteiger partial charge is 0.369 e. The molecule has 4 heteroatoms. The van der Waals surface area contributed by atoms with Gasteiger partial charge in [0, 0.05) is 37.4 Å². The number of allylic oxidation sites excluding steroid dienone is 1. The number of hydrogen-bond donors (Lipinski definition) is 0. The first-order valence-electron chi connectivity index (χ1n) is 7.45. The zero-order valence-corrected chi connectivity index (χ0v) is 12.8. The molecule has 0 aromatic rings. The summed E-state index contributed by atoms with van der Waals surface area (Å²) >= 11 is 0. The van der Waals surface area contributed by atoms with E-state index >= 15 is 0 Å². The van der Waals surface area contributed by atoms with Crippen LogP contribution in [0.1, 0.15) is 19.8 Å². The van der Waals surface area contributed by atoms with Crippen LogP contribution in [-0.2, 0) is 0 Å². The van der Waals surface area contributed by atoms with E-state index in [1.54, 1.807) is 0 Å². The summed E-state index contributed by atoms with van der Waals surface area (Å²) in [5.41, 5.74) is 1.65. The van der Waals surface area contributed by atoms with Crippen molar-refractivity contribution in [3.63, 3.8) is 0 Å². The minimum atomic E-state index is -0.573. The van der Waals surface area contributed by atoms with E-state index in [4.69, 9.17) is 0 Å². The summed E-state index contributed by atoms with van der Waals surface area (Å²) in [7, 11) is 0. The number of nitrogens with zero attached hydrogens (tertiary/aromatic N) is 2. The Bertz CT molecular complexity index is 493. The summed E-state index contributed by atoms with van der Waals surface area (Å²) in [5, 5.41) is 0. The van der Waals surface area contributed by atoms with Crippen LogP contribution < -0.4 is 0 Å². The summed E-state index contributed by atoms with van der Waals surface area (Å²) in [6.07, 6.45) is 1.66. The molecule has 0 aliphatic carbocycles. The third kappa shape index (κ3) is 3.82. The fraction of sp³-hybridized carbons (Fsp3) is 0.529. The van der Waals surface area contributed by atoms with Gasteiger partial charge in [-0.3, -0.25) is 4.90 Å². The van der Waals surface area contributed by atoms with E-state index in [-0.39, 0.29) is 0 Å². The van der Waals surface area contributed by atoms with Gasteiger partial charge < -0.3 is 4.90 Å². The van der Waals surface area contributed by atoms with Crippen molar-refractivity contribution in [2.45, 2.75) is 19.8 Å². The zero-order valence-electron chi connectivity index (χ0n) is 12.8. The quantitative estimate of drug-likeness (QED) is 0.761. The Morgan fingerprint density at radius 3 is 2.33 bits per heavy atom. The van der Waals surface area contributed by atoms with Gasteiger partial charge in [0.25, 0.3) is 0 Å². The van der Waals surface area contributed by atoms with Gasteiger partial charge in [-0.1, -0.05) is 26.7 Å². The summed E-state index contributed by atoms with van der Waals surface area (Å²) in [6, 6.07) is 0. The molecule has 1 saturated heterocycles. The van der Waals surface area contributed by atoms with E-state index in [9.17, 15) is 8.78 Å². The van der Waals surface area contributed by atoms with E-state index in [1.165, 1.54) is 6.42 Å². The van der Waals surface area contributed by atoms with Crippen LogP contribution >= 0.6 is 0 Å². The van der Waals surface area contributed by atoms with Crippen LogP contribution in [-0.4, -0.2) is 42.5 Å². The fourth-order valence-corrected chi connectivity index (χ4v) is 3.11. The van der Waals surface area contributed by atoms with E-state index in [0.717, 1.165) is 31.2 Å². The van der Waals surface area contributed by atoms with Gasteiger partial charge in [0.15, 0.2) is 0 Å². The van der Waals surface area contributed by atoms with Gasteiger partial charge in [0.1, 0.15) is 11.7 Å². The lowest BCUT2D eigenvalue weighted by Crippen LogP contribution is -2.36. The highest BCUT2D eigenvalue weighted by Gasteiger charge is 2.25. The first-order valence-corrected chi connectivity index (χ1v) is 7.45. The Morgan fingerprint density at radius 1 is 1.14 bits per heavy atom. The predicted octanol–water partition coefficient (Wildman–Crippen LogP) is 3.81. The predicted molar refractivity (Wildman–Crippen MR) is 83.1 cm³/mol. The number of halogens is 2. The number of likely N-dealkylation sites (tertiary alicyclic amines) is 1. The van der Waals surface area contributed by atoms with E-state index in [2.05, 4.69) is 31.6 Å². The van der Waals surface area contributed by atoms with Crippen molar-refractivity contribution in [1.29, 1.82) is 0 Å². The van der Waals surface area contributed by atoms with E-state index in [1.807, 2.05) is 4.90 Å². The number of rotatable bonds is 5. The summed E-state index contributed by atoms with van der Waals surface area (Å²) in [6.45, 7) is 16.9. The second kappa shape index (κ2) is 6.56. The molecule has 2 aliphatic rings. The van der Waals surface area contributed by atoms with Gasteiger partial charge in [-0.25, -0.2) is 8.78 Å². The molecule has 0 N–H and O–H groups in total. The Labute approximate surface area is 126 Å². The molecule has 21 heavy (non-hydrogen) atoms. The minimum absolute atomic E-state index is 0.324. The van der Waals surface area contributed by atoms with Crippen LogP contribution in [0.15, 0.2) is 48.2 Å². The SMILES string of the molecule is C=C(F)C1=C(C(=C)F)CN(C(=C)CN2CCC(C)C2)CC1. The highest BCUT2D eigenvalue weighted by atomic mass is 19.1. The van der Waals surface area contributed by atoms with E-state index in [0.29, 0.717) is 30.7 Å². The molecule has 1 atom stereocenters.